The Kier molecular flexibility index (Phi) is 5.65. The van der Waals surface area contributed by atoms with Crippen molar-refractivity contribution in [3.05, 3.63) is 34.4 Å². The summed E-state index contributed by atoms with van der Waals surface area (Å²) in [6.45, 7) is 7.05. The van der Waals surface area contributed by atoms with E-state index in [9.17, 15) is 13.2 Å². The van der Waals surface area contributed by atoms with Crippen molar-refractivity contribution in [2.45, 2.75) is 44.9 Å². The molecule has 11 nitrogen and oxygen atoms in total. The Balaban J connectivity index is 2.01. The monoisotopic (exact) mass is 536 g/mol. The molecule has 1 aromatic carbocycles. The van der Waals surface area contributed by atoms with Crippen molar-refractivity contribution in [3.63, 3.8) is 0 Å². The third-order valence-corrected chi connectivity index (χ3v) is 6.23. The number of rotatable bonds is 4. The van der Waals surface area contributed by atoms with Gasteiger partial charge < -0.3 is 9.57 Å². The minimum atomic E-state index is -3.85. The summed E-state index contributed by atoms with van der Waals surface area (Å²) >= 11 is 3.51. The molecule has 0 unspecified atom stereocenters. The maximum atomic E-state index is 13.1. The lowest BCUT2D eigenvalue weighted by Gasteiger charge is -2.20. The van der Waals surface area contributed by atoms with Crippen LogP contribution in [0.3, 0.4) is 0 Å². The van der Waals surface area contributed by atoms with Crippen molar-refractivity contribution in [2.75, 3.05) is 6.26 Å². The zero-order valence-corrected chi connectivity index (χ0v) is 20.9. The van der Waals surface area contributed by atoms with E-state index in [0.717, 1.165) is 11.1 Å². The van der Waals surface area contributed by atoms with Gasteiger partial charge in [-0.25, -0.2) is 17.8 Å². The van der Waals surface area contributed by atoms with Crippen LogP contribution in [0.2, 0.25) is 0 Å². The molecule has 174 valence electrons. The maximum absolute atomic E-state index is 13.1. The number of ether oxygens (including phenoxy) is 1. The third kappa shape index (κ3) is 4.29. The van der Waals surface area contributed by atoms with Gasteiger partial charge in [-0.15, -0.1) is 5.10 Å². The Morgan fingerprint density at radius 2 is 1.88 bits per heavy atom. The van der Waals surface area contributed by atoms with E-state index in [4.69, 9.17) is 9.57 Å². The smallest absolute Gasteiger partial charge is 0.420 e. The maximum Gasteiger partial charge on any atom is 0.420 e. The average Bonchev–Trinajstić information content (AvgIpc) is 3.24. The molecule has 0 saturated carbocycles. The fraction of sp³-hybridized carbons (Fsp3) is 0.350. The minimum absolute atomic E-state index is 0.0304. The molecular weight excluding hydrogens is 516 g/mol. The van der Waals surface area contributed by atoms with Gasteiger partial charge >= 0.3 is 6.09 Å². The van der Waals surface area contributed by atoms with E-state index < -0.39 is 26.7 Å². The predicted octanol–water partition coefficient (Wildman–Crippen LogP) is 3.53. The fourth-order valence-corrected chi connectivity index (χ4v) is 4.49. The quantitative estimate of drug-likeness (QED) is 0.359. The van der Waals surface area contributed by atoms with Crippen LogP contribution in [0.4, 0.5) is 4.79 Å². The van der Waals surface area contributed by atoms with E-state index in [1.165, 1.54) is 4.57 Å². The van der Waals surface area contributed by atoms with E-state index in [2.05, 4.69) is 36.2 Å². The zero-order valence-electron chi connectivity index (χ0n) is 18.5. The van der Waals surface area contributed by atoms with Gasteiger partial charge in [-0.05, 0) is 60.5 Å². The minimum Gasteiger partial charge on any atom is -0.443 e. The largest absolute Gasteiger partial charge is 0.443 e. The van der Waals surface area contributed by atoms with Crippen LogP contribution in [-0.4, -0.2) is 56.1 Å². The first-order valence-corrected chi connectivity index (χ1v) is 12.6. The highest BCUT2D eigenvalue weighted by molar-refractivity contribution is 9.10. The molecule has 0 spiro atoms. The van der Waals surface area contributed by atoms with Crippen LogP contribution in [-0.2, 0) is 21.0 Å². The molecule has 0 aliphatic carbocycles. The number of halogens is 1. The Morgan fingerprint density at radius 3 is 2.52 bits per heavy atom. The molecular formula is C20H21BrN6O5S. The molecule has 13 heteroatoms. The van der Waals surface area contributed by atoms with Gasteiger partial charge in [0.2, 0.25) is 9.84 Å². The lowest BCUT2D eigenvalue weighted by Crippen LogP contribution is -2.28. The van der Waals surface area contributed by atoms with Gasteiger partial charge in [0.15, 0.2) is 5.65 Å². The Hall–Kier alpha value is -3.06. The van der Waals surface area contributed by atoms with Crippen LogP contribution in [0.15, 0.2) is 33.9 Å². The fourth-order valence-electron chi connectivity index (χ4n) is 3.18. The summed E-state index contributed by atoms with van der Waals surface area (Å²) in [4.78, 5) is 28.4. The molecule has 0 fully saturated rings. The standard InChI is InChI=1S/C20H21BrN6O5S/c1-6-12-15(21)14-16(26(12)19(28)31-20(2,3)4)22-18(33(5,29)30)23-17(14)32-27-13-10-8-7-9-11(13)24-25-27/h7-10H,6H2,1-5H3. The molecule has 0 saturated heterocycles. The number of carbonyl (C=O) groups excluding carboxylic acids is 1. The van der Waals surface area contributed by atoms with Gasteiger partial charge in [0, 0.05) is 11.9 Å². The zero-order chi connectivity index (χ0) is 24.1. The number of hydrogen-bond donors (Lipinski definition) is 0. The number of carbonyl (C=O) groups is 1. The van der Waals surface area contributed by atoms with Crippen LogP contribution in [0.25, 0.3) is 22.1 Å². The van der Waals surface area contributed by atoms with Crippen molar-refractivity contribution in [1.29, 1.82) is 0 Å². The summed E-state index contributed by atoms with van der Waals surface area (Å²) in [6.07, 6.45) is 0.681. The highest BCUT2D eigenvalue weighted by atomic mass is 79.9. The summed E-state index contributed by atoms with van der Waals surface area (Å²) in [5.41, 5.74) is 0.890. The van der Waals surface area contributed by atoms with Crippen molar-refractivity contribution in [2.24, 2.45) is 0 Å². The van der Waals surface area contributed by atoms with Crippen LogP contribution >= 0.6 is 15.9 Å². The molecule has 0 aliphatic rings. The van der Waals surface area contributed by atoms with Crippen molar-refractivity contribution >= 4 is 53.9 Å². The van der Waals surface area contributed by atoms with E-state index in [0.29, 0.717) is 33.0 Å². The third-order valence-electron chi connectivity index (χ3n) is 4.53. The lowest BCUT2D eigenvalue weighted by atomic mass is 10.2. The number of sulfone groups is 1. The first-order valence-electron chi connectivity index (χ1n) is 9.93. The molecule has 0 bridgehead atoms. The Bertz CT molecular complexity index is 1500. The van der Waals surface area contributed by atoms with E-state index in [-0.39, 0.29) is 11.5 Å². The summed E-state index contributed by atoms with van der Waals surface area (Å²) in [5.74, 6) is -0.111. The summed E-state index contributed by atoms with van der Waals surface area (Å²) in [6, 6.07) is 7.08. The van der Waals surface area contributed by atoms with Gasteiger partial charge in [-0.1, -0.05) is 23.9 Å². The van der Waals surface area contributed by atoms with Crippen LogP contribution in [0.5, 0.6) is 5.88 Å². The Labute approximate surface area is 197 Å². The summed E-state index contributed by atoms with van der Waals surface area (Å²) in [7, 11) is -3.85. The Morgan fingerprint density at radius 1 is 1.18 bits per heavy atom. The molecule has 0 radical (unpaired) electrons. The van der Waals surface area contributed by atoms with E-state index >= 15 is 0 Å². The number of hydrogen-bond acceptors (Lipinski definition) is 9. The van der Waals surface area contributed by atoms with Gasteiger partial charge in [-0.3, -0.25) is 0 Å². The normalized spacial score (nSPS) is 12.4. The predicted molar refractivity (Wildman–Crippen MR) is 123 cm³/mol. The lowest BCUT2D eigenvalue weighted by molar-refractivity contribution is 0.0539. The van der Waals surface area contributed by atoms with Gasteiger partial charge in [0.25, 0.3) is 11.0 Å². The molecule has 0 aliphatic heterocycles. The van der Waals surface area contributed by atoms with Crippen molar-refractivity contribution in [3.8, 4) is 5.88 Å². The van der Waals surface area contributed by atoms with Crippen LogP contribution in [0, 0.1) is 0 Å². The second-order valence-corrected chi connectivity index (χ2v) is 11.0. The SMILES string of the molecule is CCc1c(Br)c2c(On3nnc4ccccc43)nc(S(C)(=O)=O)nc2n1C(=O)OC(C)(C)C. The second kappa shape index (κ2) is 8.06. The molecule has 0 N–H and O–H groups in total. The second-order valence-electron chi connectivity index (χ2n) is 8.25. The summed E-state index contributed by atoms with van der Waals surface area (Å²) < 4.78 is 32.0. The average molecular weight is 537 g/mol. The number of nitrogens with zero attached hydrogens (tertiary/aromatic N) is 6. The van der Waals surface area contributed by atoms with E-state index in [1.54, 1.807) is 45.0 Å². The number of para-hydroxylation sites is 1. The topological polar surface area (TPSA) is 131 Å². The molecule has 0 atom stereocenters. The highest BCUT2D eigenvalue weighted by Crippen LogP contribution is 2.37. The molecule has 3 aromatic heterocycles. The number of fused-ring (bicyclic) bond motifs is 2. The molecule has 33 heavy (non-hydrogen) atoms. The van der Waals surface area contributed by atoms with E-state index in [1.807, 2.05) is 6.92 Å². The van der Waals surface area contributed by atoms with Crippen LogP contribution in [0.1, 0.15) is 33.4 Å². The molecule has 4 rings (SSSR count). The highest BCUT2D eigenvalue weighted by Gasteiger charge is 2.30. The van der Waals surface area contributed by atoms with Gasteiger partial charge in [0.05, 0.1) is 9.86 Å². The van der Waals surface area contributed by atoms with Crippen molar-refractivity contribution < 1.29 is 22.8 Å². The molecule has 0 amide bonds. The van der Waals surface area contributed by atoms with Gasteiger partial charge in [0.1, 0.15) is 16.6 Å². The number of aromatic nitrogens is 6. The first-order chi connectivity index (χ1) is 15.4. The molecule has 4 aromatic rings. The first kappa shape index (κ1) is 23.1. The summed E-state index contributed by atoms with van der Waals surface area (Å²) in [5, 5.41) is 7.79. The van der Waals surface area contributed by atoms with Crippen molar-refractivity contribution in [1.82, 2.24) is 29.7 Å². The van der Waals surface area contributed by atoms with Crippen LogP contribution < -0.4 is 4.84 Å². The van der Waals surface area contributed by atoms with Gasteiger partial charge in [-0.2, -0.15) is 9.97 Å². The molecule has 3 heterocycles. The number of benzene rings is 1.